The van der Waals surface area contributed by atoms with Crippen molar-refractivity contribution in [2.24, 2.45) is 0 Å². The van der Waals surface area contributed by atoms with Crippen LogP contribution in [0.4, 0.5) is 10.5 Å². The molecule has 0 aliphatic carbocycles. The van der Waals surface area contributed by atoms with Gasteiger partial charge in [0.05, 0.1) is 38.3 Å². The van der Waals surface area contributed by atoms with Crippen molar-refractivity contribution in [2.45, 2.75) is 20.4 Å². The van der Waals surface area contributed by atoms with Crippen molar-refractivity contribution in [3.8, 4) is 11.6 Å². The molecule has 0 aliphatic heterocycles. The maximum Gasteiger partial charge on any atom is 0.321 e. The van der Waals surface area contributed by atoms with Crippen LogP contribution in [0.1, 0.15) is 16.8 Å². The summed E-state index contributed by atoms with van der Waals surface area (Å²) in [5.41, 5.74) is 3.29. The number of ether oxygens (including phenoxy) is 2. The van der Waals surface area contributed by atoms with Gasteiger partial charge in [0.15, 0.2) is 0 Å². The van der Waals surface area contributed by atoms with Crippen LogP contribution in [-0.2, 0) is 6.54 Å². The number of carbonyl (C=O) groups excluding carboxylic acids is 1. The molecule has 0 bridgehead atoms. The van der Waals surface area contributed by atoms with Gasteiger partial charge in [0.25, 0.3) is 0 Å². The number of nitrogens with one attached hydrogen (secondary N) is 1. The lowest BCUT2D eigenvalue weighted by Crippen LogP contribution is -2.31. The molecule has 2 heterocycles. The number of amides is 2. The van der Waals surface area contributed by atoms with Crippen molar-refractivity contribution in [1.29, 1.82) is 0 Å². The van der Waals surface area contributed by atoms with Crippen molar-refractivity contribution < 1.29 is 14.3 Å². The Morgan fingerprint density at radius 2 is 1.92 bits per heavy atom. The molecule has 24 heavy (non-hydrogen) atoms. The Morgan fingerprint density at radius 1 is 1.17 bits per heavy atom. The van der Waals surface area contributed by atoms with E-state index >= 15 is 0 Å². The molecular formula is C17H22N4O3. The third-order valence-corrected chi connectivity index (χ3v) is 3.68. The van der Waals surface area contributed by atoms with Gasteiger partial charge in [0.1, 0.15) is 5.75 Å². The molecule has 0 aromatic carbocycles. The second-order valence-electron chi connectivity index (χ2n) is 5.42. The Balaban J connectivity index is 2.06. The van der Waals surface area contributed by atoms with Crippen molar-refractivity contribution >= 4 is 11.7 Å². The number of nitrogens with zero attached hydrogens (tertiary/aromatic N) is 3. The average Bonchev–Trinajstić information content (AvgIpc) is 2.58. The number of aryl methyl sites for hydroxylation is 1. The molecule has 0 unspecified atom stereocenters. The third kappa shape index (κ3) is 3.92. The monoisotopic (exact) mass is 330 g/mol. The van der Waals surface area contributed by atoms with E-state index in [-0.39, 0.29) is 6.03 Å². The predicted octanol–water partition coefficient (Wildman–Crippen LogP) is 2.77. The number of aromatic nitrogens is 2. The normalized spacial score (nSPS) is 10.2. The molecule has 2 aromatic rings. The predicted molar refractivity (Wildman–Crippen MR) is 91.5 cm³/mol. The van der Waals surface area contributed by atoms with Gasteiger partial charge in [-0.05, 0) is 19.9 Å². The lowest BCUT2D eigenvalue weighted by atomic mass is 10.1. The van der Waals surface area contributed by atoms with Crippen molar-refractivity contribution in [1.82, 2.24) is 14.9 Å². The number of carbonyl (C=O) groups is 1. The second-order valence-corrected chi connectivity index (χ2v) is 5.42. The molecule has 0 radical (unpaired) electrons. The van der Waals surface area contributed by atoms with Gasteiger partial charge in [-0.2, -0.15) is 0 Å². The smallest absolute Gasteiger partial charge is 0.321 e. The van der Waals surface area contributed by atoms with Gasteiger partial charge in [-0.3, -0.25) is 4.98 Å². The maximum atomic E-state index is 12.3. The first-order valence-electron chi connectivity index (χ1n) is 7.47. The first-order valence-corrected chi connectivity index (χ1v) is 7.47. The van der Waals surface area contributed by atoms with E-state index in [0.29, 0.717) is 18.1 Å². The number of hydrogen-bond acceptors (Lipinski definition) is 5. The summed E-state index contributed by atoms with van der Waals surface area (Å²) >= 11 is 0. The van der Waals surface area contributed by atoms with Gasteiger partial charge in [-0.1, -0.05) is 0 Å². The van der Waals surface area contributed by atoms with E-state index in [0.717, 1.165) is 22.6 Å². The van der Waals surface area contributed by atoms with Crippen LogP contribution in [0.5, 0.6) is 11.6 Å². The van der Waals surface area contributed by atoms with Crippen molar-refractivity contribution in [3.63, 3.8) is 0 Å². The standard InChI is InChI=1S/C17H22N4O3/c1-11-8-18-14(12(2)16(11)24-5)10-21(3)17(22)20-13-6-7-15(23-4)19-9-13/h6-9H,10H2,1-5H3,(H,20,22). The minimum absolute atomic E-state index is 0.247. The van der Waals surface area contributed by atoms with Crippen molar-refractivity contribution in [2.75, 3.05) is 26.6 Å². The van der Waals surface area contributed by atoms with Gasteiger partial charge >= 0.3 is 6.03 Å². The van der Waals surface area contributed by atoms with Gasteiger partial charge < -0.3 is 19.7 Å². The highest BCUT2D eigenvalue weighted by molar-refractivity contribution is 5.88. The second kappa shape index (κ2) is 7.63. The fourth-order valence-corrected chi connectivity index (χ4v) is 2.32. The van der Waals surface area contributed by atoms with E-state index in [1.807, 2.05) is 13.8 Å². The molecule has 7 heteroatoms. The summed E-state index contributed by atoms with van der Waals surface area (Å²) < 4.78 is 10.4. The number of urea groups is 1. The Morgan fingerprint density at radius 3 is 2.50 bits per heavy atom. The molecule has 0 saturated heterocycles. The summed E-state index contributed by atoms with van der Waals surface area (Å²) in [6.45, 7) is 4.25. The molecule has 2 amide bonds. The lowest BCUT2D eigenvalue weighted by Gasteiger charge is -2.20. The fraction of sp³-hybridized carbons (Fsp3) is 0.353. The quantitative estimate of drug-likeness (QED) is 0.912. The van der Waals surface area contributed by atoms with Crippen LogP contribution in [0.25, 0.3) is 0 Å². The van der Waals surface area contributed by atoms with E-state index in [1.165, 1.54) is 0 Å². The van der Waals surface area contributed by atoms with Crippen molar-refractivity contribution in [3.05, 3.63) is 41.3 Å². The van der Waals surface area contributed by atoms with Crippen LogP contribution in [0.2, 0.25) is 0 Å². The van der Waals surface area contributed by atoms with Crippen LogP contribution in [0.15, 0.2) is 24.5 Å². The Kier molecular flexibility index (Phi) is 5.57. The highest BCUT2D eigenvalue weighted by atomic mass is 16.5. The van der Waals surface area contributed by atoms with E-state index in [4.69, 9.17) is 9.47 Å². The van der Waals surface area contributed by atoms with Crippen LogP contribution in [0.3, 0.4) is 0 Å². The maximum absolute atomic E-state index is 12.3. The number of anilines is 1. The molecule has 0 atom stereocenters. The van der Waals surface area contributed by atoms with Crippen LogP contribution in [-0.4, -0.2) is 42.2 Å². The van der Waals surface area contributed by atoms with Crippen LogP contribution < -0.4 is 14.8 Å². The Labute approximate surface area is 141 Å². The lowest BCUT2D eigenvalue weighted by molar-refractivity contribution is 0.220. The number of pyridine rings is 2. The van der Waals surface area contributed by atoms with Gasteiger partial charge in [-0.25, -0.2) is 9.78 Å². The third-order valence-electron chi connectivity index (χ3n) is 3.68. The fourth-order valence-electron chi connectivity index (χ4n) is 2.32. The van der Waals surface area contributed by atoms with Gasteiger partial charge in [-0.15, -0.1) is 0 Å². The first kappa shape index (κ1) is 17.5. The molecular weight excluding hydrogens is 308 g/mol. The highest BCUT2D eigenvalue weighted by Crippen LogP contribution is 2.24. The SMILES string of the molecule is COc1ccc(NC(=O)N(C)Cc2ncc(C)c(OC)c2C)cn1. The minimum atomic E-state index is -0.247. The number of hydrogen-bond donors (Lipinski definition) is 1. The Bertz CT molecular complexity index is 717. The topological polar surface area (TPSA) is 76.6 Å². The van der Waals surface area contributed by atoms with E-state index < -0.39 is 0 Å². The zero-order chi connectivity index (χ0) is 17.7. The van der Waals surface area contributed by atoms with Crippen LogP contribution in [0, 0.1) is 13.8 Å². The van der Waals surface area contributed by atoms with E-state index in [2.05, 4.69) is 15.3 Å². The summed E-state index contributed by atoms with van der Waals surface area (Å²) in [5.74, 6) is 1.29. The summed E-state index contributed by atoms with van der Waals surface area (Å²) in [4.78, 5) is 22.3. The highest BCUT2D eigenvalue weighted by Gasteiger charge is 2.15. The average molecular weight is 330 g/mol. The molecule has 1 N–H and O–H groups in total. The van der Waals surface area contributed by atoms with E-state index in [9.17, 15) is 4.79 Å². The molecule has 2 aromatic heterocycles. The van der Waals surface area contributed by atoms with Gasteiger partial charge in [0.2, 0.25) is 5.88 Å². The number of rotatable bonds is 5. The molecule has 0 saturated carbocycles. The van der Waals surface area contributed by atoms with Gasteiger partial charge in [0, 0.05) is 30.4 Å². The molecule has 0 aliphatic rings. The Hall–Kier alpha value is -2.83. The zero-order valence-electron chi connectivity index (χ0n) is 14.6. The number of methoxy groups -OCH3 is 2. The summed E-state index contributed by atoms with van der Waals surface area (Å²) in [7, 11) is 4.88. The molecule has 7 nitrogen and oxygen atoms in total. The first-order chi connectivity index (χ1) is 11.5. The zero-order valence-corrected chi connectivity index (χ0v) is 14.6. The van der Waals surface area contributed by atoms with E-state index in [1.54, 1.807) is 50.7 Å². The molecule has 0 fully saturated rings. The minimum Gasteiger partial charge on any atom is -0.496 e. The largest absolute Gasteiger partial charge is 0.496 e. The molecule has 2 rings (SSSR count). The summed E-state index contributed by atoms with van der Waals surface area (Å²) in [6, 6.07) is 3.17. The molecule has 0 spiro atoms. The summed E-state index contributed by atoms with van der Waals surface area (Å²) in [6.07, 6.45) is 3.29. The van der Waals surface area contributed by atoms with Crippen LogP contribution >= 0.6 is 0 Å². The molecule has 128 valence electrons. The summed E-state index contributed by atoms with van der Waals surface area (Å²) in [5, 5.41) is 2.78.